The van der Waals surface area contributed by atoms with Crippen LogP contribution in [-0.4, -0.2) is 48.1 Å². The Bertz CT molecular complexity index is 1430. The molecule has 1 unspecified atom stereocenters. The second kappa shape index (κ2) is 9.08. The maximum Gasteiger partial charge on any atom is 0.350 e. The predicted molar refractivity (Wildman–Crippen MR) is 127 cm³/mol. The molecule has 1 aromatic heterocycles. The average Bonchev–Trinajstić information content (AvgIpc) is 3.40. The Morgan fingerprint density at radius 1 is 1.14 bits per heavy atom. The number of benzene rings is 2. The molecule has 2 aliphatic rings. The number of ether oxygens (including phenoxy) is 3. The Labute approximate surface area is 208 Å². The van der Waals surface area contributed by atoms with Gasteiger partial charge < -0.3 is 19.3 Å². The van der Waals surface area contributed by atoms with Gasteiger partial charge in [0.2, 0.25) is 0 Å². The number of carbonyl (C=O) groups excluding carboxylic acids is 3. The fourth-order valence-corrected chi connectivity index (χ4v) is 5.12. The monoisotopic (exact) mass is 510 g/mol. The largest absolute Gasteiger partial charge is 0.507 e. The lowest BCUT2D eigenvalue weighted by molar-refractivity contribution is -0.132. The zero-order valence-corrected chi connectivity index (χ0v) is 19.9. The quantitative estimate of drug-likeness (QED) is 0.244. The molecule has 9 nitrogen and oxygen atoms in total. The number of aliphatic hydroxyl groups excluding tert-OH is 1. The number of rotatable bonds is 4. The molecular weight excluding hydrogens is 491 g/mol. The molecule has 1 amide bonds. The number of Topliss-reactive ketones (excluding diaryl/α,β-unsaturated/α-hetero) is 1. The van der Waals surface area contributed by atoms with Crippen molar-refractivity contribution in [2.24, 2.45) is 0 Å². The zero-order chi connectivity index (χ0) is 25.6. The highest BCUT2D eigenvalue weighted by Gasteiger charge is 2.48. The standard InChI is InChI=1S/C25H19FN2O7S/c1-12-22(24(32)33-2)36-25(27-12)28-19(13-3-6-15(26)7-4-13)18(21(30)23(28)31)20(29)14-5-8-16-17(11-14)35-10-9-34-16/h3-8,11,19,29H,9-10H2,1-2H3/b20-18+. The molecule has 1 saturated heterocycles. The van der Waals surface area contributed by atoms with Crippen LogP contribution < -0.4 is 14.4 Å². The second-order valence-electron chi connectivity index (χ2n) is 7.98. The number of aryl methyl sites for hydroxylation is 1. The number of nitrogens with zero attached hydrogens (tertiary/aromatic N) is 2. The Hall–Kier alpha value is -4.25. The lowest BCUT2D eigenvalue weighted by atomic mass is 9.95. The fourth-order valence-electron chi connectivity index (χ4n) is 4.10. The van der Waals surface area contributed by atoms with Crippen molar-refractivity contribution in [1.82, 2.24) is 4.98 Å². The van der Waals surface area contributed by atoms with Crippen molar-refractivity contribution >= 4 is 39.9 Å². The van der Waals surface area contributed by atoms with Crippen LogP contribution in [0.2, 0.25) is 0 Å². The van der Waals surface area contributed by atoms with Crippen LogP contribution in [0.1, 0.15) is 32.5 Å². The third-order valence-electron chi connectivity index (χ3n) is 5.81. The minimum absolute atomic E-state index is 0.0607. The maximum absolute atomic E-state index is 13.7. The molecule has 2 aromatic carbocycles. The molecule has 1 atom stereocenters. The Balaban J connectivity index is 1.68. The summed E-state index contributed by atoms with van der Waals surface area (Å²) >= 11 is 0.877. The fraction of sp³-hybridized carbons (Fsp3) is 0.200. The molecule has 3 heterocycles. The summed E-state index contributed by atoms with van der Waals surface area (Å²) in [5.74, 6) is -2.62. The van der Waals surface area contributed by atoms with Crippen molar-refractivity contribution in [2.75, 3.05) is 25.2 Å². The highest BCUT2D eigenvalue weighted by molar-refractivity contribution is 7.17. The van der Waals surface area contributed by atoms with Crippen molar-refractivity contribution < 1.29 is 38.1 Å². The van der Waals surface area contributed by atoms with Gasteiger partial charge in [0.15, 0.2) is 16.6 Å². The van der Waals surface area contributed by atoms with Crippen LogP contribution in [0, 0.1) is 12.7 Å². The molecule has 0 bridgehead atoms. The van der Waals surface area contributed by atoms with Crippen LogP contribution in [-0.2, 0) is 14.3 Å². The van der Waals surface area contributed by atoms with Gasteiger partial charge in [0.05, 0.1) is 24.4 Å². The number of hydrogen-bond acceptors (Lipinski definition) is 9. The number of thiazole rings is 1. The molecule has 5 rings (SSSR count). The van der Waals surface area contributed by atoms with Gasteiger partial charge in [-0.3, -0.25) is 14.5 Å². The maximum atomic E-state index is 13.7. The minimum atomic E-state index is -1.13. The molecule has 1 N–H and O–H groups in total. The lowest BCUT2D eigenvalue weighted by Crippen LogP contribution is -2.29. The van der Waals surface area contributed by atoms with E-state index in [1.807, 2.05) is 0 Å². The van der Waals surface area contributed by atoms with Crippen LogP contribution in [0.3, 0.4) is 0 Å². The molecular formula is C25H19FN2O7S. The predicted octanol–water partition coefficient (Wildman–Crippen LogP) is 3.77. The zero-order valence-electron chi connectivity index (χ0n) is 19.1. The molecule has 36 heavy (non-hydrogen) atoms. The van der Waals surface area contributed by atoms with Crippen LogP contribution >= 0.6 is 11.3 Å². The molecule has 0 radical (unpaired) electrons. The number of esters is 1. The number of aliphatic hydroxyl groups is 1. The highest BCUT2D eigenvalue weighted by atomic mass is 32.1. The van der Waals surface area contributed by atoms with Gasteiger partial charge in [-0.05, 0) is 42.8 Å². The molecule has 3 aromatic rings. The van der Waals surface area contributed by atoms with Gasteiger partial charge in [-0.25, -0.2) is 14.2 Å². The second-order valence-corrected chi connectivity index (χ2v) is 8.96. The first-order valence-corrected chi connectivity index (χ1v) is 11.6. The first-order valence-electron chi connectivity index (χ1n) is 10.8. The number of hydrogen-bond donors (Lipinski definition) is 1. The van der Waals surface area contributed by atoms with Crippen LogP contribution in [0.5, 0.6) is 11.5 Å². The molecule has 0 saturated carbocycles. The number of fused-ring (bicyclic) bond motifs is 1. The van der Waals surface area contributed by atoms with Crippen molar-refractivity contribution in [3.63, 3.8) is 0 Å². The van der Waals surface area contributed by atoms with Gasteiger partial charge in [0.25, 0.3) is 5.78 Å². The smallest absolute Gasteiger partial charge is 0.350 e. The van der Waals surface area contributed by atoms with E-state index < -0.39 is 35.3 Å². The third kappa shape index (κ3) is 3.87. The normalized spacial score (nSPS) is 18.4. The molecule has 11 heteroatoms. The molecule has 0 aliphatic carbocycles. The van der Waals surface area contributed by atoms with E-state index in [4.69, 9.17) is 14.2 Å². The Kier molecular flexibility index (Phi) is 5.92. The van der Waals surface area contributed by atoms with Gasteiger partial charge in [0, 0.05) is 5.56 Å². The van der Waals surface area contributed by atoms with Crippen LogP contribution in [0.25, 0.3) is 5.76 Å². The summed E-state index contributed by atoms with van der Waals surface area (Å²) in [6.07, 6.45) is 0. The van der Waals surface area contributed by atoms with Crippen molar-refractivity contribution in [3.05, 3.63) is 75.6 Å². The average molecular weight is 510 g/mol. The van der Waals surface area contributed by atoms with E-state index in [0.29, 0.717) is 36.0 Å². The van der Waals surface area contributed by atoms with Crippen molar-refractivity contribution in [2.45, 2.75) is 13.0 Å². The first kappa shape index (κ1) is 23.5. The topological polar surface area (TPSA) is 115 Å². The third-order valence-corrected chi connectivity index (χ3v) is 6.94. The van der Waals surface area contributed by atoms with Crippen molar-refractivity contribution in [3.8, 4) is 11.5 Å². The summed E-state index contributed by atoms with van der Waals surface area (Å²) in [6.45, 7) is 2.28. The number of amides is 1. The van der Waals surface area contributed by atoms with E-state index in [1.54, 1.807) is 19.1 Å². The summed E-state index contributed by atoms with van der Waals surface area (Å²) in [6, 6.07) is 8.73. The summed E-state index contributed by atoms with van der Waals surface area (Å²) < 4.78 is 29.6. The lowest BCUT2D eigenvalue weighted by Gasteiger charge is -2.23. The van der Waals surface area contributed by atoms with Gasteiger partial charge in [-0.2, -0.15) is 0 Å². The molecule has 2 aliphatic heterocycles. The minimum Gasteiger partial charge on any atom is -0.507 e. The number of methoxy groups -OCH3 is 1. The summed E-state index contributed by atoms with van der Waals surface area (Å²) in [5, 5.41) is 11.3. The van der Waals surface area contributed by atoms with E-state index in [0.717, 1.165) is 16.2 Å². The van der Waals surface area contributed by atoms with E-state index in [2.05, 4.69) is 4.98 Å². The molecule has 1 fully saturated rings. The van der Waals surface area contributed by atoms with E-state index in [9.17, 15) is 23.9 Å². The summed E-state index contributed by atoms with van der Waals surface area (Å²) in [7, 11) is 1.22. The van der Waals surface area contributed by atoms with Gasteiger partial charge in [0.1, 0.15) is 29.7 Å². The van der Waals surface area contributed by atoms with E-state index >= 15 is 0 Å². The van der Waals surface area contributed by atoms with Gasteiger partial charge in [-0.15, -0.1) is 0 Å². The highest BCUT2D eigenvalue weighted by Crippen LogP contribution is 2.44. The van der Waals surface area contributed by atoms with Crippen molar-refractivity contribution in [1.29, 1.82) is 0 Å². The molecule has 184 valence electrons. The first-order chi connectivity index (χ1) is 17.3. The number of carbonyl (C=O) groups is 3. The summed E-state index contributed by atoms with van der Waals surface area (Å²) in [5.41, 5.74) is 0.696. The van der Waals surface area contributed by atoms with Crippen LogP contribution in [0.15, 0.2) is 48.0 Å². The number of ketones is 1. The van der Waals surface area contributed by atoms with E-state index in [1.165, 1.54) is 37.4 Å². The Morgan fingerprint density at radius 3 is 2.53 bits per heavy atom. The SMILES string of the molecule is COC(=O)c1sc(N2C(=O)C(=O)/C(=C(/O)c3ccc4c(c3)OCCO4)C2c2ccc(F)cc2)nc1C. The summed E-state index contributed by atoms with van der Waals surface area (Å²) in [4.78, 5) is 44.3. The van der Waals surface area contributed by atoms with Crippen LogP contribution in [0.4, 0.5) is 9.52 Å². The van der Waals surface area contributed by atoms with Gasteiger partial charge >= 0.3 is 11.9 Å². The number of aromatic nitrogens is 1. The van der Waals surface area contributed by atoms with Gasteiger partial charge in [-0.1, -0.05) is 23.5 Å². The Morgan fingerprint density at radius 2 is 1.83 bits per heavy atom. The number of anilines is 1. The number of halogens is 1. The van der Waals surface area contributed by atoms with E-state index in [-0.39, 0.29) is 21.1 Å². The molecule has 0 spiro atoms.